The number of hydrogen-bond acceptors (Lipinski definition) is 6. The van der Waals surface area contributed by atoms with Crippen molar-refractivity contribution in [3.8, 4) is 17.2 Å². The van der Waals surface area contributed by atoms with Gasteiger partial charge >= 0.3 is 0 Å². The van der Waals surface area contributed by atoms with Crippen molar-refractivity contribution in [1.82, 2.24) is 39.7 Å². The minimum atomic E-state index is 0.285. The van der Waals surface area contributed by atoms with Crippen LogP contribution >= 0.6 is 0 Å². The second-order valence-electron chi connectivity index (χ2n) is 9.82. The highest BCUT2D eigenvalue weighted by molar-refractivity contribution is 6.03. The van der Waals surface area contributed by atoms with Crippen molar-refractivity contribution in [2.45, 2.75) is 53.0 Å². The molecule has 0 fully saturated rings. The predicted octanol–water partition coefficient (Wildman–Crippen LogP) is 5.44. The summed E-state index contributed by atoms with van der Waals surface area (Å²) in [5.74, 6) is 1.29. The number of allylic oxidation sites excluding steroid dienone is 2. The number of pyridine rings is 2. The van der Waals surface area contributed by atoms with E-state index < -0.39 is 0 Å². The van der Waals surface area contributed by atoms with Gasteiger partial charge in [-0.15, -0.1) is 0 Å². The van der Waals surface area contributed by atoms with Gasteiger partial charge in [-0.25, -0.2) is 15.0 Å². The van der Waals surface area contributed by atoms with Gasteiger partial charge in [-0.1, -0.05) is 13.3 Å². The number of fused-ring (bicyclic) bond motifs is 2. The number of hydrogen-bond donors (Lipinski definition) is 2. The largest absolute Gasteiger partial charge is 0.335 e. The van der Waals surface area contributed by atoms with E-state index >= 15 is 0 Å². The van der Waals surface area contributed by atoms with Gasteiger partial charge < -0.3 is 9.55 Å². The third kappa shape index (κ3) is 4.00. The third-order valence-corrected chi connectivity index (χ3v) is 6.73. The highest BCUT2D eigenvalue weighted by Gasteiger charge is 2.21. The maximum atomic E-state index is 4.93. The minimum absolute atomic E-state index is 0.285. The molecule has 0 amide bonds. The summed E-state index contributed by atoms with van der Waals surface area (Å²) in [6.07, 6.45) is 14.7. The monoisotopic (exact) mass is 479 g/mol. The molecule has 0 radical (unpaired) electrons. The molecule has 182 valence electrons. The number of aromatic amines is 2. The summed E-state index contributed by atoms with van der Waals surface area (Å²) < 4.78 is 1.94. The highest BCUT2D eigenvalue weighted by Crippen LogP contribution is 2.34. The van der Waals surface area contributed by atoms with E-state index in [1.54, 1.807) is 18.7 Å². The first-order valence-corrected chi connectivity index (χ1v) is 12.4. The van der Waals surface area contributed by atoms with Gasteiger partial charge in [-0.2, -0.15) is 5.10 Å². The molecule has 5 aromatic heterocycles. The highest BCUT2D eigenvalue weighted by atomic mass is 15.2. The van der Waals surface area contributed by atoms with Crippen LogP contribution < -0.4 is 0 Å². The number of aromatic nitrogens is 8. The molecule has 6 rings (SSSR count). The Balaban J connectivity index is 1.44. The first-order chi connectivity index (χ1) is 17.5. The molecule has 1 aliphatic carbocycles. The van der Waals surface area contributed by atoms with Gasteiger partial charge in [0.15, 0.2) is 11.5 Å². The maximum Gasteiger partial charge on any atom is 0.181 e. The maximum absolute atomic E-state index is 4.93. The van der Waals surface area contributed by atoms with Crippen LogP contribution in [-0.4, -0.2) is 51.4 Å². The molecule has 0 spiro atoms. The van der Waals surface area contributed by atoms with Crippen molar-refractivity contribution >= 4 is 33.4 Å². The molecule has 5 aromatic rings. The summed E-state index contributed by atoms with van der Waals surface area (Å²) in [5.41, 5.74) is 8.50. The van der Waals surface area contributed by atoms with E-state index in [9.17, 15) is 0 Å². The van der Waals surface area contributed by atoms with Crippen LogP contribution in [0.5, 0.6) is 0 Å². The average molecular weight is 480 g/mol. The van der Waals surface area contributed by atoms with Crippen LogP contribution in [0.4, 0.5) is 0 Å². The van der Waals surface area contributed by atoms with Crippen LogP contribution in [0.25, 0.3) is 44.8 Å². The molecule has 1 atom stereocenters. The first kappa shape index (κ1) is 22.3. The standard InChI is InChI=1S/C27H29N9/c1-5-17-6-18(8-20(7-17)31-15(2)3)19-9-21-24(34-35-26(21)29-10-19)27-32-22-11-28-12-23(25(22)33-27)36-13-16(4)30-14-36/h8-15,17H,5-7H2,1-4H3,(H,32,33)(H,29,34,35). The van der Waals surface area contributed by atoms with Crippen molar-refractivity contribution in [2.75, 3.05) is 0 Å². The van der Waals surface area contributed by atoms with Gasteiger partial charge in [0, 0.05) is 24.1 Å². The third-order valence-electron chi connectivity index (χ3n) is 6.73. The van der Waals surface area contributed by atoms with Crippen LogP contribution in [-0.2, 0) is 0 Å². The van der Waals surface area contributed by atoms with Gasteiger partial charge in [-0.3, -0.25) is 15.1 Å². The van der Waals surface area contributed by atoms with Crippen LogP contribution in [0.15, 0.2) is 48.2 Å². The van der Waals surface area contributed by atoms with Crippen LogP contribution in [0, 0.1) is 12.8 Å². The molecule has 1 aliphatic rings. The van der Waals surface area contributed by atoms with Crippen molar-refractivity contribution in [3.63, 3.8) is 0 Å². The molecule has 0 bridgehead atoms. The number of H-pyrrole nitrogens is 2. The molecule has 2 N–H and O–H groups in total. The Morgan fingerprint density at radius 3 is 2.83 bits per heavy atom. The Morgan fingerprint density at radius 2 is 2.06 bits per heavy atom. The van der Waals surface area contributed by atoms with Crippen molar-refractivity contribution < 1.29 is 0 Å². The summed E-state index contributed by atoms with van der Waals surface area (Å²) in [6, 6.07) is 2.46. The normalized spacial score (nSPS) is 17.5. The molecule has 1 unspecified atom stereocenters. The fraction of sp³-hybridized carbons (Fsp3) is 0.333. The molecule has 9 heteroatoms. The van der Waals surface area contributed by atoms with Crippen molar-refractivity contribution in [1.29, 1.82) is 0 Å². The summed E-state index contributed by atoms with van der Waals surface area (Å²) >= 11 is 0. The van der Waals surface area contributed by atoms with E-state index in [1.807, 2.05) is 23.9 Å². The average Bonchev–Trinajstić information content (AvgIpc) is 3.60. The number of nitrogens with zero attached hydrogens (tertiary/aromatic N) is 7. The van der Waals surface area contributed by atoms with Crippen LogP contribution in [0.2, 0.25) is 0 Å². The molecule has 9 nitrogen and oxygen atoms in total. The Hall–Kier alpha value is -4.14. The predicted molar refractivity (Wildman–Crippen MR) is 142 cm³/mol. The minimum Gasteiger partial charge on any atom is -0.335 e. The SMILES string of the molecule is CCC1CC(c2cnc3n[nH]c(-c4nc5c(-n6cnc(C)c6)cncc5[nH]4)c3c2)=CC(=NC(C)C)C1. The van der Waals surface area contributed by atoms with E-state index in [4.69, 9.17) is 9.98 Å². The zero-order chi connectivity index (χ0) is 24.8. The summed E-state index contributed by atoms with van der Waals surface area (Å²) in [5, 5.41) is 8.53. The van der Waals surface area contributed by atoms with E-state index in [2.05, 4.69) is 63.0 Å². The lowest BCUT2D eigenvalue weighted by molar-refractivity contribution is 0.537. The van der Waals surface area contributed by atoms with Gasteiger partial charge in [0.05, 0.1) is 41.0 Å². The van der Waals surface area contributed by atoms with Gasteiger partial charge in [0.2, 0.25) is 0 Å². The number of aliphatic imine (C=N–C) groups is 1. The number of rotatable bonds is 5. The van der Waals surface area contributed by atoms with E-state index in [0.717, 1.165) is 58.3 Å². The summed E-state index contributed by atoms with van der Waals surface area (Å²) in [7, 11) is 0. The molecular weight excluding hydrogens is 450 g/mol. The Labute approximate surface area is 208 Å². The Kier molecular flexibility index (Phi) is 5.47. The quantitative estimate of drug-likeness (QED) is 0.348. The smallest absolute Gasteiger partial charge is 0.181 e. The lowest BCUT2D eigenvalue weighted by Crippen LogP contribution is -2.15. The first-order valence-electron chi connectivity index (χ1n) is 12.4. The van der Waals surface area contributed by atoms with Gasteiger partial charge in [0.1, 0.15) is 11.2 Å². The molecule has 5 heterocycles. The lowest BCUT2D eigenvalue weighted by atomic mass is 9.83. The van der Waals surface area contributed by atoms with Crippen molar-refractivity contribution in [3.05, 3.63) is 54.5 Å². The summed E-state index contributed by atoms with van der Waals surface area (Å²) in [6.45, 7) is 8.48. The molecular formula is C27H29N9. The Morgan fingerprint density at radius 1 is 1.17 bits per heavy atom. The molecule has 0 saturated heterocycles. The van der Waals surface area contributed by atoms with E-state index in [1.165, 1.54) is 11.3 Å². The summed E-state index contributed by atoms with van der Waals surface area (Å²) in [4.78, 5) is 26.6. The second kappa shape index (κ2) is 8.82. The second-order valence-corrected chi connectivity index (χ2v) is 9.82. The van der Waals surface area contributed by atoms with E-state index in [-0.39, 0.29) is 6.04 Å². The number of imidazole rings is 2. The Bertz CT molecular complexity index is 1630. The molecule has 0 aromatic carbocycles. The molecule has 0 saturated carbocycles. The van der Waals surface area contributed by atoms with Gasteiger partial charge in [-0.05, 0) is 62.8 Å². The van der Waals surface area contributed by atoms with Crippen LogP contribution in [0.1, 0.15) is 51.3 Å². The number of aryl methyl sites for hydroxylation is 1. The van der Waals surface area contributed by atoms with Crippen LogP contribution in [0.3, 0.4) is 0 Å². The molecule has 0 aliphatic heterocycles. The number of nitrogens with one attached hydrogen (secondary N) is 2. The fourth-order valence-corrected chi connectivity index (χ4v) is 4.94. The zero-order valence-corrected chi connectivity index (χ0v) is 20.9. The molecule has 36 heavy (non-hydrogen) atoms. The fourth-order valence-electron chi connectivity index (χ4n) is 4.94. The topological polar surface area (TPSA) is 113 Å². The van der Waals surface area contributed by atoms with E-state index in [0.29, 0.717) is 17.4 Å². The van der Waals surface area contributed by atoms with Gasteiger partial charge in [0.25, 0.3) is 0 Å². The van der Waals surface area contributed by atoms with Crippen molar-refractivity contribution in [2.24, 2.45) is 10.9 Å². The zero-order valence-electron chi connectivity index (χ0n) is 20.9. The lowest BCUT2D eigenvalue weighted by Gasteiger charge is -2.23.